The van der Waals surface area contributed by atoms with Crippen molar-refractivity contribution in [1.29, 1.82) is 0 Å². The molecule has 2 aliphatic carbocycles. The average molecular weight is 533 g/mol. The molecule has 2 amide bonds. The highest BCUT2D eigenvalue weighted by Gasteiger charge is 2.45. The number of hydrogen-bond acceptors (Lipinski definition) is 6. The third-order valence-corrected chi connectivity index (χ3v) is 7.38. The number of amides is 2. The van der Waals surface area contributed by atoms with Crippen LogP contribution in [0.25, 0.3) is 11.7 Å². The molecule has 5 rings (SSSR count). The Kier molecular flexibility index (Phi) is 7.01. The van der Waals surface area contributed by atoms with Gasteiger partial charge >= 0.3 is 0 Å². The van der Waals surface area contributed by atoms with Gasteiger partial charge in [-0.1, -0.05) is 13.8 Å². The van der Waals surface area contributed by atoms with E-state index in [0.29, 0.717) is 50.5 Å². The lowest BCUT2D eigenvalue weighted by atomic mass is 9.81. The SMILES string of the molecule is CC(C)Cn1c(O)c(C(=O)NC2CC2)c(=O)n2ncc(/C=C/C(=O)N3CCN(CC4CC(F)(F)C4)CC3)c12. The van der Waals surface area contributed by atoms with Gasteiger partial charge in [0, 0.05) is 69.8 Å². The number of nitrogens with zero attached hydrogens (tertiary/aromatic N) is 5. The molecule has 10 nitrogen and oxygen atoms in total. The summed E-state index contributed by atoms with van der Waals surface area (Å²) in [6, 6.07) is 0.0162. The molecular weight excluding hydrogens is 498 g/mol. The molecule has 0 bridgehead atoms. The Morgan fingerprint density at radius 2 is 1.89 bits per heavy atom. The molecule has 3 fully saturated rings. The molecular formula is C26H34F2N6O4. The molecule has 2 saturated carbocycles. The van der Waals surface area contributed by atoms with Crippen LogP contribution in [0.3, 0.4) is 0 Å². The second-order valence-corrected chi connectivity index (χ2v) is 11.2. The first-order valence-electron chi connectivity index (χ1n) is 13.2. The Morgan fingerprint density at radius 1 is 1.21 bits per heavy atom. The first-order valence-corrected chi connectivity index (χ1v) is 13.2. The van der Waals surface area contributed by atoms with Crippen molar-refractivity contribution in [2.45, 2.75) is 58.0 Å². The summed E-state index contributed by atoms with van der Waals surface area (Å²) in [6.45, 7) is 7.12. The number of aromatic hydroxyl groups is 1. The van der Waals surface area contributed by atoms with Crippen molar-refractivity contribution in [2.24, 2.45) is 11.8 Å². The van der Waals surface area contributed by atoms with Gasteiger partial charge in [-0.2, -0.15) is 9.61 Å². The average Bonchev–Trinajstić information content (AvgIpc) is 3.54. The molecule has 0 aromatic carbocycles. The topological polar surface area (TPSA) is 112 Å². The predicted octanol–water partition coefficient (Wildman–Crippen LogP) is 1.95. The van der Waals surface area contributed by atoms with E-state index in [2.05, 4.69) is 15.3 Å². The summed E-state index contributed by atoms with van der Waals surface area (Å²) in [7, 11) is 0. The van der Waals surface area contributed by atoms with Gasteiger partial charge in [-0.25, -0.2) is 8.78 Å². The zero-order valence-corrected chi connectivity index (χ0v) is 21.7. The summed E-state index contributed by atoms with van der Waals surface area (Å²) >= 11 is 0. The van der Waals surface area contributed by atoms with Crippen LogP contribution < -0.4 is 10.9 Å². The van der Waals surface area contributed by atoms with E-state index in [4.69, 9.17) is 0 Å². The minimum absolute atomic E-state index is 0.0162. The highest BCUT2D eigenvalue weighted by molar-refractivity contribution is 5.97. The molecule has 12 heteroatoms. The van der Waals surface area contributed by atoms with E-state index in [1.807, 2.05) is 13.8 Å². The minimum atomic E-state index is -2.52. The van der Waals surface area contributed by atoms with Crippen LogP contribution in [0.5, 0.6) is 5.88 Å². The van der Waals surface area contributed by atoms with Crippen LogP contribution in [-0.2, 0) is 11.3 Å². The van der Waals surface area contributed by atoms with E-state index in [-0.39, 0.29) is 42.2 Å². The Balaban J connectivity index is 1.32. The monoisotopic (exact) mass is 532 g/mol. The van der Waals surface area contributed by atoms with Crippen molar-refractivity contribution in [1.82, 2.24) is 29.3 Å². The van der Waals surface area contributed by atoms with Gasteiger partial charge in [-0.3, -0.25) is 23.9 Å². The summed E-state index contributed by atoms with van der Waals surface area (Å²) in [4.78, 5) is 42.6. The molecule has 0 atom stereocenters. The number of fused-ring (bicyclic) bond motifs is 1. The number of halogens is 2. The number of carbonyl (C=O) groups is 2. The van der Waals surface area contributed by atoms with Gasteiger partial charge in [0.05, 0.1) is 6.20 Å². The highest BCUT2D eigenvalue weighted by Crippen LogP contribution is 2.42. The van der Waals surface area contributed by atoms with E-state index in [9.17, 15) is 28.3 Å². The number of hydrogen-bond donors (Lipinski definition) is 2. The van der Waals surface area contributed by atoms with Crippen LogP contribution >= 0.6 is 0 Å². The van der Waals surface area contributed by atoms with Gasteiger partial charge in [-0.15, -0.1) is 0 Å². The maximum absolute atomic E-state index is 13.1. The van der Waals surface area contributed by atoms with Gasteiger partial charge in [-0.05, 0) is 30.8 Å². The van der Waals surface area contributed by atoms with Gasteiger partial charge in [0.2, 0.25) is 17.7 Å². The molecule has 2 N–H and O–H groups in total. The second kappa shape index (κ2) is 10.1. The van der Waals surface area contributed by atoms with Crippen molar-refractivity contribution in [3.8, 4) is 5.88 Å². The zero-order valence-electron chi connectivity index (χ0n) is 21.7. The van der Waals surface area contributed by atoms with Crippen molar-refractivity contribution in [3.05, 3.63) is 33.8 Å². The third-order valence-electron chi connectivity index (χ3n) is 7.38. The van der Waals surface area contributed by atoms with Crippen molar-refractivity contribution >= 4 is 23.5 Å². The molecule has 0 radical (unpaired) electrons. The van der Waals surface area contributed by atoms with Gasteiger partial charge in [0.15, 0.2) is 5.56 Å². The highest BCUT2D eigenvalue weighted by atomic mass is 19.3. The van der Waals surface area contributed by atoms with E-state index in [0.717, 1.165) is 17.4 Å². The number of carbonyl (C=O) groups excluding carboxylic acids is 2. The standard InChI is InChI=1S/C26H34F2N6O4/c1-16(2)14-33-23-18(13-29-34(23)25(38)21(24(33)37)22(36)30-19-4-5-19)3-6-20(35)32-9-7-31(8-10-32)15-17-11-26(27,28)12-17/h3,6,13,16-17,19,37H,4-5,7-12,14-15H2,1-2H3,(H,30,36)/b6-3+. The summed E-state index contributed by atoms with van der Waals surface area (Å²) in [5.41, 5.74) is -0.300. The molecule has 0 unspecified atom stereocenters. The van der Waals surface area contributed by atoms with Crippen LogP contribution in [0.15, 0.2) is 17.1 Å². The fourth-order valence-electron chi connectivity index (χ4n) is 5.25. The summed E-state index contributed by atoms with van der Waals surface area (Å²) in [5, 5.41) is 17.9. The lowest BCUT2D eigenvalue weighted by molar-refractivity contribution is -0.129. The van der Waals surface area contributed by atoms with Gasteiger partial charge in [0.1, 0.15) is 5.65 Å². The minimum Gasteiger partial charge on any atom is -0.494 e. The van der Waals surface area contributed by atoms with Crippen LogP contribution in [-0.4, -0.2) is 85.6 Å². The molecule has 0 spiro atoms. The summed E-state index contributed by atoms with van der Waals surface area (Å²) in [6.07, 6.45) is 5.98. The zero-order chi connectivity index (χ0) is 27.2. The Bertz CT molecular complexity index is 1310. The van der Waals surface area contributed by atoms with E-state index >= 15 is 0 Å². The van der Waals surface area contributed by atoms with Gasteiger partial charge < -0.3 is 15.3 Å². The summed E-state index contributed by atoms with van der Waals surface area (Å²) in [5.74, 6) is -3.67. The van der Waals surface area contributed by atoms with Crippen molar-refractivity contribution in [2.75, 3.05) is 32.7 Å². The van der Waals surface area contributed by atoms with Crippen molar-refractivity contribution < 1.29 is 23.5 Å². The molecule has 1 aliphatic heterocycles. The molecule has 1 saturated heterocycles. The first kappa shape index (κ1) is 26.3. The normalized spacial score (nSPS) is 20.4. The van der Waals surface area contributed by atoms with Crippen LogP contribution in [0.2, 0.25) is 0 Å². The molecule has 3 aliphatic rings. The summed E-state index contributed by atoms with van der Waals surface area (Å²) < 4.78 is 28.8. The fraction of sp³-hybridized carbons (Fsp3) is 0.615. The predicted molar refractivity (Wildman–Crippen MR) is 136 cm³/mol. The van der Waals surface area contributed by atoms with E-state index in [1.54, 1.807) is 11.0 Å². The van der Waals surface area contributed by atoms with Crippen LogP contribution in [0, 0.1) is 11.8 Å². The lowest BCUT2D eigenvalue weighted by Gasteiger charge is -2.41. The number of piperazine rings is 1. The second-order valence-electron chi connectivity index (χ2n) is 11.2. The van der Waals surface area contributed by atoms with Crippen molar-refractivity contribution in [3.63, 3.8) is 0 Å². The number of alkyl halides is 2. The quantitative estimate of drug-likeness (QED) is 0.503. The lowest BCUT2D eigenvalue weighted by Crippen LogP contribution is -2.51. The molecule has 2 aromatic rings. The number of rotatable bonds is 8. The van der Waals surface area contributed by atoms with Crippen LogP contribution in [0.4, 0.5) is 8.78 Å². The largest absolute Gasteiger partial charge is 0.494 e. The number of nitrogens with one attached hydrogen (secondary N) is 1. The molecule has 38 heavy (non-hydrogen) atoms. The maximum Gasteiger partial charge on any atom is 0.291 e. The molecule has 3 heterocycles. The van der Waals surface area contributed by atoms with E-state index in [1.165, 1.54) is 16.8 Å². The van der Waals surface area contributed by atoms with E-state index < -0.39 is 23.3 Å². The maximum atomic E-state index is 13.1. The smallest absolute Gasteiger partial charge is 0.291 e. The van der Waals surface area contributed by atoms with Gasteiger partial charge in [0.25, 0.3) is 11.5 Å². The molecule has 2 aromatic heterocycles. The number of aromatic nitrogens is 3. The fourth-order valence-corrected chi connectivity index (χ4v) is 5.25. The molecule has 206 valence electrons. The Morgan fingerprint density at radius 3 is 2.50 bits per heavy atom. The van der Waals surface area contributed by atoms with Crippen LogP contribution in [0.1, 0.15) is 55.5 Å². The Hall–Kier alpha value is -3.28. The Labute approximate surface area is 218 Å². The third kappa shape index (κ3) is 5.45. The first-order chi connectivity index (χ1) is 18.0.